The number of hydrogen-bond acceptors (Lipinski definition) is 10. The highest BCUT2D eigenvalue weighted by Crippen LogP contribution is 2.44. The van der Waals surface area contributed by atoms with Gasteiger partial charge in [-0.2, -0.15) is 5.26 Å². The Morgan fingerprint density at radius 1 is 1.02 bits per heavy atom. The van der Waals surface area contributed by atoms with Gasteiger partial charge in [-0.05, 0) is 92.3 Å². The van der Waals surface area contributed by atoms with E-state index in [1.165, 1.54) is 52.2 Å². The second-order valence-corrected chi connectivity index (χ2v) is 17.6. The van der Waals surface area contributed by atoms with Gasteiger partial charge in [0.2, 0.25) is 0 Å². The first-order valence-electron chi connectivity index (χ1n) is 13.0. The highest BCUT2D eigenvalue weighted by atomic mass is 32.2. The standard InChI is InChI=1S/C30H31NO2S7.CH4/c1-5-6-14-36-29(34)40-30(4,18-31)13-11-26(32)33-17-21-16-20(3)28(37-21)25-10-8-23(39-25)22-7-9-24(38-22)27-19(2)12-15-35-27;/h7-10,12,15-16H,5-6,11,13-14,17H2,1-4H3;1H4. The minimum Gasteiger partial charge on any atom is -0.460 e. The molecule has 0 radical (unpaired) electrons. The largest absolute Gasteiger partial charge is 0.460 e. The van der Waals surface area contributed by atoms with E-state index in [0.29, 0.717) is 6.42 Å². The van der Waals surface area contributed by atoms with Gasteiger partial charge in [0.15, 0.2) is 0 Å². The molecule has 4 heterocycles. The second kappa shape index (κ2) is 15.9. The van der Waals surface area contributed by atoms with Crippen molar-refractivity contribution in [1.29, 1.82) is 5.26 Å². The molecule has 0 N–H and O–H groups in total. The number of aryl methyl sites for hydroxylation is 2. The molecule has 0 aromatic carbocycles. The van der Waals surface area contributed by atoms with E-state index in [-0.39, 0.29) is 26.4 Å². The predicted molar refractivity (Wildman–Crippen MR) is 191 cm³/mol. The number of nitriles is 1. The molecule has 0 fully saturated rings. The topological polar surface area (TPSA) is 50.1 Å². The zero-order valence-corrected chi connectivity index (χ0v) is 28.6. The third-order valence-corrected chi connectivity index (χ3v) is 14.0. The molecule has 0 aliphatic carbocycles. The lowest BCUT2D eigenvalue weighted by molar-refractivity contribution is -0.145. The van der Waals surface area contributed by atoms with E-state index in [1.807, 2.05) is 18.3 Å². The van der Waals surface area contributed by atoms with E-state index in [9.17, 15) is 10.1 Å². The van der Waals surface area contributed by atoms with E-state index in [1.54, 1.807) is 45.8 Å². The van der Waals surface area contributed by atoms with Crippen LogP contribution in [0.2, 0.25) is 0 Å². The van der Waals surface area contributed by atoms with Gasteiger partial charge in [-0.25, -0.2) is 0 Å². The summed E-state index contributed by atoms with van der Waals surface area (Å²) in [6.07, 6.45) is 2.82. The molecule has 0 spiro atoms. The van der Waals surface area contributed by atoms with E-state index in [4.69, 9.17) is 17.0 Å². The molecule has 0 bridgehead atoms. The zero-order chi connectivity index (χ0) is 28.7. The van der Waals surface area contributed by atoms with Crippen LogP contribution < -0.4 is 0 Å². The molecule has 4 aromatic rings. The van der Waals surface area contributed by atoms with E-state index in [0.717, 1.165) is 27.0 Å². The summed E-state index contributed by atoms with van der Waals surface area (Å²) >= 11 is 15.6. The Kier molecular flexibility index (Phi) is 13.2. The molecular formula is C31H35NO2S7. The summed E-state index contributed by atoms with van der Waals surface area (Å²) in [4.78, 5) is 21.2. The first kappa shape index (κ1) is 34.0. The summed E-state index contributed by atoms with van der Waals surface area (Å²) in [7, 11) is 0. The number of thioether (sulfide) groups is 2. The molecule has 0 saturated heterocycles. The Morgan fingerprint density at radius 3 is 2.29 bits per heavy atom. The van der Waals surface area contributed by atoms with Gasteiger partial charge in [-0.3, -0.25) is 4.79 Å². The van der Waals surface area contributed by atoms with Gasteiger partial charge < -0.3 is 4.74 Å². The van der Waals surface area contributed by atoms with Crippen LogP contribution in [0.4, 0.5) is 0 Å². The van der Waals surface area contributed by atoms with Crippen LogP contribution in [-0.4, -0.2) is 20.0 Å². The maximum Gasteiger partial charge on any atom is 0.306 e. The molecule has 3 nitrogen and oxygen atoms in total. The Bertz CT molecular complexity index is 1500. The van der Waals surface area contributed by atoms with Crippen LogP contribution in [0.15, 0.2) is 41.8 Å². The number of carbonyl (C=O) groups excluding carboxylic acids is 1. The van der Waals surface area contributed by atoms with Gasteiger partial charge in [0, 0.05) is 40.6 Å². The predicted octanol–water partition coefficient (Wildman–Crippen LogP) is 11.8. The average molecular weight is 678 g/mol. The normalized spacial score (nSPS) is 12.4. The van der Waals surface area contributed by atoms with Crippen molar-refractivity contribution in [2.24, 2.45) is 0 Å². The van der Waals surface area contributed by atoms with Gasteiger partial charge in [0.25, 0.3) is 0 Å². The lowest BCUT2D eigenvalue weighted by atomic mass is 10.1. The van der Waals surface area contributed by atoms with Crippen LogP contribution in [0, 0.1) is 25.2 Å². The molecule has 1 atom stereocenters. The summed E-state index contributed by atoms with van der Waals surface area (Å²) < 4.78 is 5.63. The van der Waals surface area contributed by atoms with Gasteiger partial charge in [-0.15, -0.1) is 57.1 Å². The highest BCUT2D eigenvalue weighted by molar-refractivity contribution is 8.47. The number of ether oxygens (including phenoxy) is 1. The third-order valence-electron chi connectivity index (χ3n) is 6.18. The van der Waals surface area contributed by atoms with Crippen molar-refractivity contribution in [3.8, 4) is 35.3 Å². The summed E-state index contributed by atoms with van der Waals surface area (Å²) in [6, 6.07) is 15.5. The number of thiophene rings is 4. The maximum atomic E-state index is 12.5. The molecule has 4 rings (SSSR count). The summed E-state index contributed by atoms with van der Waals surface area (Å²) in [5.41, 5.74) is 2.51. The fourth-order valence-corrected chi connectivity index (χ4v) is 11.4. The molecule has 0 saturated carbocycles. The molecule has 4 aromatic heterocycles. The molecular weight excluding hydrogens is 643 g/mol. The van der Waals surface area contributed by atoms with Crippen molar-refractivity contribution in [1.82, 2.24) is 0 Å². The molecule has 41 heavy (non-hydrogen) atoms. The number of esters is 1. The Labute approximate surface area is 274 Å². The third kappa shape index (κ3) is 9.27. The van der Waals surface area contributed by atoms with E-state index < -0.39 is 4.75 Å². The quantitative estimate of drug-likeness (QED) is 0.0845. The summed E-state index contributed by atoms with van der Waals surface area (Å²) in [5, 5.41) is 11.9. The number of hydrogen-bond donors (Lipinski definition) is 0. The number of rotatable bonds is 12. The number of nitrogens with zero attached hydrogens (tertiary/aromatic N) is 1. The number of thiocarbonyl (C=S) groups is 1. The number of unbranched alkanes of at least 4 members (excludes halogenated alkanes) is 1. The smallest absolute Gasteiger partial charge is 0.306 e. The van der Waals surface area contributed by atoms with Crippen LogP contribution in [0.5, 0.6) is 0 Å². The first-order chi connectivity index (χ1) is 19.2. The highest BCUT2D eigenvalue weighted by Gasteiger charge is 2.28. The van der Waals surface area contributed by atoms with Gasteiger partial charge in [-0.1, -0.05) is 44.8 Å². The van der Waals surface area contributed by atoms with Crippen LogP contribution in [-0.2, 0) is 16.1 Å². The first-order valence-corrected chi connectivity index (χ1v) is 18.5. The lowest BCUT2D eigenvalue weighted by Gasteiger charge is -2.20. The fraction of sp³-hybridized carbons (Fsp3) is 0.387. The Balaban J connectivity index is 0.00000462. The Hall–Kier alpha value is -1.45. The van der Waals surface area contributed by atoms with Crippen LogP contribution in [0.1, 0.15) is 63.0 Å². The van der Waals surface area contributed by atoms with Gasteiger partial charge in [0.05, 0.1) is 6.07 Å². The molecule has 0 aliphatic rings. The van der Waals surface area contributed by atoms with Crippen molar-refractivity contribution >= 4 is 90.6 Å². The summed E-state index contributed by atoms with van der Waals surface area (Å²) in [5.74, 6) is 0.678. The molecule has 1 unspecified atom stereocenters. The minimum absolute atomic E-state index is 0. The van der Waals surface area contributed by atoms with Crippen molar-refractivity contribution in [3.63, 3.8) is 0 Å². The van der Waals surface area contributed by atoms with Crippen molar-refractivity contribution in [2.75, 3.05) is 5.75 Å². The van der Waals surface area contributed by atoms with Crippen LogP contribution >= 0.6 is 81.1 Å². The fourth-order valence-electron chi connectivity index (χ4n) is 3.88. The van der Waals surface area contributed by atoms with Crippen molar-refractivity contribution in [2.45, 2.75) is 72.2 Å². The molecule has 0 aliphatic heterocycles. The van der Waals surface area contributed by atoms with Gasteiger partial charge >= 0.3 is 5.97 Å². The SMILES string of the molecule is C.CCCCSC(=S)SC(C)(C#N)CCC(=O)OCc1cc(C)c(-c2ccc(-c3ccc(-c4sccc4C)s3)s2)s1. The molecule has 0 amide bonds. The summed E-state index contributed by atoms with van der Waals surface area (Å²) in [6.45, 7) is 8.51. The van der Waals surface area contributed by atoms with Crippen LogP contribution in [0.3, 0.4) is 0 Å². The van der Waals surface area contributed by atoms with Crippen LogP contribution in [0.25, 0.3) is 29.3 Å². The lowest BCUT2D eigenvalue weighted by Crippen LogP contribution is -2.21. The second-order valence-electron chi connectivity index (χ2n) is 9.54. The Morgan fingerprint density at radius 2 is 1.68 bits per heavy atom. The van der Waals surface area contributed by atoms with E-state index in [2.05, 4.69) is 68.6 Å². The van der Waals surface area contributed by atoms with Gasteiger partial charge in [0.1, 0.15) is 14.9 Å². The monoisotopic (exact) mass is 677 g/mol. The number of carbonyl (C=O) groups is 1. The van der Waals surface area contributed by atoms with E-state index >= 15 is 0 Å². The zero-order valence-electron chi connectivity index (χ0n) is 22.9. The van der Waals surface area contributed by atoms with Crippen molar-refractivity contribution < 1.29 is 9.53 Å². The molecule has 10 heteroatoms. The maximum absolute atomic E-state index is 12.5. The average Bonchev–Trinajstić information content (AvgIpc) is 3.73. The minimum atomic E-state index is -0.731. The van der Waals surface area contributed by atoms with Crippen molar-refractivity contribution in [3.05, 3.63) is 57.8 Å². The molecule has 218 valence electrons.